The van der Waals surface area contributed by atoms with Crippen LogP contribution in [0.3, 0.4) is 0 Å². The molecule has 8 nitrogen and oxygen atoms in total. The molecule has 2 aromatic heterocycles. The fourth-order valence-electron chi connectivity index (χ4n) is 3.69. The SMILES string of the molecule is Cc1nn(-c2cc(O)c(F)c(C(F)(F)F)c2)c2cnc(N3CCN(S(C)(=O)=O)CC3)cc12. The molecule has 1 saturated heterocycles. The Morgan fingerprint density at radius 1 is 1.09 bits per heavy atom. The molecule has 1 aromatic carbocycles. The van der Waals surface area contributed by atoms with Crippen LogP contribution in [0.25, 0.3) is 16.6 Å². The first kappa shape index (κ1) is 22.3. The maximum atomic E-state index is 13.8. The molecule has 4 rings (SSSR count). The Morgan fingerprint density at radius 3 is 2.34 bits per heavy atom. The van der Waals surface area contributed by atoms with Crippen LogP contribution in [0.5, 0.6) is 5.75 Å². The molecule has 3 heterocycles. The predicted molar refractivity (Wildman–Crippen MR) is 109 cm³/mol. The molecule has 172 valence electrons. The van der Waals surface area contributed by atoms with E-state index in [1.807, 2.05) is 4.90 Å². The number of phenolic OH excluding ortho intramolecular Hbond substituents is 1. The van der Waals surface area contributed by atoms with Gasteiger partial charge in [-0.05, 0) is 19.1 Å². The summed E-state index contributed by atoms with van der Waals surface area (Å²) in [5, 5.41) is 14.6. The molecule has 13 heteroatoms. The third-order valence-electron chi connectivity index (χ3n) is 5.36. The lowest BCUT2D eigenvalue weighted by Crippen LogP contribution is -2.48. The van der Waals surface area contributed by atoms with Gasteiger partial charge in [0, 0.05) is 37.6 Å². The maximum absolute atomic E-state index is 13.8. The van der Waals surface area contributed by atoms with Crippen LogP contribution in [0, 0.1) is 12.7 Å². The molecule has 0 spiro atoms. The number of hydrogen-bond acceptors (Lipinski definition) is 6. The van der Waals surface area contributed by atoms with Gasteiger partial charge in [-0.2, -0.15) is 22.6 Å². The monoisotopic (exact) mass is 473 g/mol. The van der Waals surface area contributed by atoms with Crippen LogP contribution < -0.4 is 4.90 Å². The van der Waals surface area contributed by atoms with E-state index in [0.29, 0.717) is 54.7 Å². The van der Waals surface area contributed by atoms with Gasteiger partial charge in [-0.25, -0.2) is 22.5 Å². The van der Waals surface area contributed by atoms with Crippen LogP contribution in [-0.2, 0) is 16.2 Å². The van der Waals surface area contributed by atoms with Gasteiger partial charge in [0.15, 0.2) is 11.6 Å². The Hall–Kier alpha value is -2.93. The second kappa shape index (κ2) is 7.59. The molecule has 0 saturated carbocycles. The van der Waals surface area contributed by atoms with Gasteiger partial charge in [0.1, 0.15) is 5.82 Å². The van der Waals surface area contributed by atoms with Crippen molar-refractivity contribution in [2.45, 2.75) is 13.1 Å². The number of benzene rings is 1. The first-order valence-corrected chi connectivity index (χ1v) is 11.4. The van der Waals surface area contributed by atoms with Crippen molar-refractivity contribution in [2.75, 3.05) is 37.3 Å². The highest BCUT2D eigenvalue weighted by molar-refractivity contribution is 7.88. The molecular formula is C19H19F4N5O3S. The van der Waals surface area contributed by atoms with Gasteiger partial charge in [-0.15, -0.1) is 0 Å². The largest absolute Gasteiger partial charge is 0.505 e. The highest BCUT2D eigenvalue weighted by Crippen LogP contribution is 2.37. The lowest BCUT2D eigenvalue weighted by molar-refractivity contribution is -0.140. The minimum atomic E-state index is -4.99. The number of alkyl halides is 3. The van der Waals surface area contributed by atoms with Gasteiger partial charge in [0.05, 0.1) is 34.9 Å². The first-order valence-electron chi connectivity index (χ1n) is 9.52. The van der Waals surface area contributed by atoms with Crippen LogP contribution in [0.4, 0.5) is 23.4 Å². The van der Waals surface area contributed by atoms with Crippen molar-refractivity contribution < 1.29 is 31.1 Å². The molecule has 0 aliphatic carbocycles. The van der Waals surface area contributed by atoms with Crippen molar-refractivity contribution >= 4 is 26.7 Å². The summed E-state index contributed by atoms with van der Waals surface area (Å²) in [5.41, 5.74) is -0.885. The van der Waals surface area contributed by atoms with E-state index in [4.69, 9.17) is 0 Å². The van der Waals surface area contributed by atoms with Gasteiger partial charge < -0.3 is 10.0 Å². The number of aromatic nitrogens is 3. The zero-order valence-electron chi connectivity index (χ0n) is 17.1. The van der Waals surface area contributed by atoms with Gasteiger partial charge in [0.25, 0.3) is 0 Å². The average Bonchev–Trinajstić information content (AvgIpc) is 3.04. The van der Waals surface area contributed by atoms with Crippen molar-refractivity contribution in [3.8, 4) is 11.4 Å². The van der Waals surface area contributed by atoms with Crippen molar-refractivity contribution in [3.63, 3.8) is 0 Å². The number of phenols is 1. The van der Waals surface area contributed by atoms with Crippen LogP contribution in [0.2, 0.25) is 0 Å². The quantitative estimate of drug-likeness (QED) is 0.589. The molecular weight excluding hydrogens is 454 g/mol. The summed E-state index contributed by atoms with van der Waals surface area (Å²) < 4.78 is 79.2. The lowest BCUT2D eigenvalue weighted by atomic mass is 10.1. The number of hydrogen-bond donors (Lipinski definition) is 1. The highest BCUT2D eigenvalue weighted by Gasteiger charge is 2.36. The van der Waals surface area contributed by atoms with E-state index in [0.717, 1.165) is 17.0 Å². The molecule has 1 aliphatic rings. The molecule has 0 radical (unpaired) electrons. The van der Waals surface area contributed by atoms with Gasteiger partial charge in [-0.3, -0.25) is 0 Å². The summed E-state index contributed by atoms with van der Waals surface area (Å²) in [7, 11) is -3.28. The number of anilines is 1. The normalized spacial score (nSPS) is 16.1. The number of pyridine rings is 1. The summed E-state index contributed by atoms with van der Waals surface area (Å²) in [6.07, 6.45) is -2.40. The second-order valence-electron chi connectivity index (χ2n) is 7.53. The van der Waals surface area contributed by atoms with Gasteiger partial charge >= 0.3 is 6.18 Å². The number of nitrogens with zero attached hydrogens (tertiary/aromatic N) is 5. The fourth-order valence-corrected chi connectivity index (χ4v) is 4.52. The van der Waals surface area contributed by atoms with Crippen molar-refractivity contribution in [1.29, 1.82) is 0 Å². The molecule has 0 bridgehead atoms. The summed E-state index contributed by atoms with van der Waals surface area (Å²) in [6.45, 7) is 3.15. The summed E-state index contributed by atoms with van der Waals surface area (Å²) in [4.78, 5) is 6.27. The minimum Gasteiger partial charge on any atom is -0.505 e. The average molecular weight is 473 g/mol. The Bertz CT molecular complexity index is 1300. The second-order valence-corrected chi connectivity index (χ2v) is 9.51. The first-order chi connectivity index (χ1) is 14.9. The lowest BCUT2D eigenvalue weighted by Gasteiger charge is -2.34. The smallest absolute Gasteiger partial charge is 0.419 e. The molecule has 0 unspecified atom stereocenters. The number of aryl methyl sites for hydroxylation is 1. The van der Waals surface area contributed by atoms with Crippen molar-refractivity contribution in [3.05, 3.63) is 41.5 Å². The van der Waals surface area contributed by atoms with Crippen LogP contribution >= 0.6 is 0 Å². The molecule has 32 heavy (non-hydrogen) atoms. The van der Waals surface area contributed by atoms with Crippen molar-refractivity contribution in [2.24, 2.45) is 0 Å². The van der Waals surface area contributed by atoms with E-state index in [1.54, 1.807) is 13.0 Å². The summed E-state index contributed by atoms with van der Waals surface area (Å²) in [5.74, 6) is -2.31. The number of halogens is 4. The third kappa shape index (κ3) is 3.97. The van der Waals surface area contributed by atoms with E-state index in [-0.39, 0.29) is 5.69 Å². The Balaban J connectivity index is 1.71. The molecule has 3 aromatic rings. The fraction of sp³-hybridized carbons (Fsp3) is 0.368. The van der Waals surface area contributed by atoms with E-state index in [1.165, 1.54) is 10.5 Å². The molecule has 1 aliphatic heterocycles. The van der Waals surface area contributed by atoms with E-state index < -0.39 is 33.3 Å². The molecule has 1 N–H and O–H groups in total. The zero-order valence-corrected chi connectivity index (χ0v) is 17.9. The Labute approximate surface area is 180 Å². The number of aromatic hydroxyl groups is 1. The highest BCUT2D eigenvalue weighted by atomic mass is 32.2. The number of sulfonamides is 1. The predicted octanol–water partition coefficient (Wildman–Crippen LogP) is 2.67. The van der Waals surface area contributed by atoms with Crippen LogP contribution in [0.1, 0.15) is 11.3 Å². The Morgan fingerprint density at radius 2 is 1.75 bits per heavy atom. The van der Waals surface area contributed by atoms with Crippen LogP contribution in [-0.4, -0.2) is 65.0 Å². The molecule has 1 fully saturated rings. The standard InChI is InChI=1S/C19H19F4N5O3S/c1-11-13-9-17(26-3-5-27(6-4-26)32(2,30)31)24-10-15(13)28(25-11)12-7-14(19(21,22)23)18(20)16(29)8-12/h7-10,29H,3-6H2,1-2H3. The van der Waals surface area contributed by atoms with Gasteiger partial charge in [-0.1, -0.05) is 0 Å². The molecule has 0 atom stereocenters. The van der Waals surface area contributed by atoms with E-state index in [2.05, 4.69) is 10.1 Å². The van der Waals surface area contributed by atoms with Gasteiger partial charge in [0.2, 0.25) is 10.0 Å². The number of rotatable bonds is 3. The van der Waals surface area contributed by atoms with E-state index in [9.17, 15) is 31.1 Å². The van der Waals surface area contributed by atoms with E-state index >= 15 is 0 Å². The maximum Gasteiger partial charge on any atom is 0.419 e. The number of piperazine rings is 1. The third-order valence-corrected chi connectivity index (χ3v) is 6.66. The molecule has 0 amide bonds. The van der Waals surface area contributed by atoms with Crippen molar-refractivity contribution in [1.82, 2.24) is 19.1 Å². The topological polar surface area (TPSA) is 91.6 Å². The Kier molecular flexibility index (Phi) is 5.28. The minimum absolute atomic E-state index is 0.161. The summed E-state index contributed by atoms with van der Waals surface area (Å²) in [6, 6.07) is 3.17. The summed E-state index contributed by atoms with van der Waals surface area (Å²) >= 11 is 0. The number of fused-ring (bicyclic) bond motifs is 1. The zero-order chi connectivity index (χ0) is 23.4. The van der Waals surface area contributed by atoms with Crippen LogP contribution in [0.15, 0.2) is 24.4 Å².